The molecule has 13 heavy (non-hydrogen) atoms. The summed E-state index contributed by atoms with van der Waals surface area (Å²) < 4.78 is 0. The van der Waals surface area contributed by atoms with E-state index in [4.69, 9.17) is 5.73 Å². The maximum atomic E-state index is 5.95. The van der Waals surface area contributed by atoms with Crippen molar-refractivity contribution >= 4 is 0 Å². The second-order valence-corrected chi connectivity index (χ2v) is 4.27. The summed E-state index contributed by atoms with van der Waals surface area (Å²) in [4.78, 5) is 0. The molecule has 2 N–H and O–H groups in total. The Morgan fingerprint density at radius 3 is 2.08 bits per heavy atom. The zero-order valence-corrected chi connectivity index (χ0v) is 8.38. The highest BCUT2D eigenvalue weighted by Gasteiger charge is 2.28. The number of hydrogen-bond acceptors (Lipinski definition) is 1. The summed E-state index contributed by atoms with van der Waals surface area (Å²) in [6, 6.07) is 7.17. The summed E-state index contributed by atoms with van der Waals surface area (Å²) in [6.45, 7) is 4.31. The molecule has 0 aromatic heterocycles. The van der Waals surface area contributed by atoms with Crippen molar-refractivity contribution in [1.82, 2.24) is 0 Å². The van der Waals surface area contributed by atoms with Gasteiger partial charge in [-0.05, 0) is 38.2 Å². The van der Waals surface area contributed by atoms with Crippen LogP contribution < -0.4 is 5.73 Å². The SMILES string of the molecule is Cc1cc(C)cc(C2CCC2N)c1. The van der Waals surface area contributed by atoms with Crippen LogP contribution in [0.3, 0.4) is 0 Å². The van der Waals surface area contributed by atoms with Gasteiger partial charge in [-0.1, -0.05) is 29.3 Å². The first kappa shape index (κ1) is 8.76. The summed E-state index contributed by atoms with van der Waals surface area (Å²) in [5.41, 5.74) is 10.1. The molecule has 2 rings (SSSR count). The minimum absolute atomic E-state index is 0.404. The molecule has 1 saturated carbocycles. The molecule has 70 valence electrons. The first-order valence-electron chi connectivity index (χ1n) is 5.00. The third-order valence-corrected chi connectivity index (χ3v) is 3.00. The van der Waals surface area contributed by atoms with Gasteiger partial charge in [-0.25, -0.2) is 0 Å². The van der Waals surface area contributed by atoms with Gasteiger partial charge < -0.3 is 5.73 Å². The summed E-state index contributed by atoms with van der Waals surface area (Å²) in [5, 5.41) is 0. The smallest absolute Gasteiger partial charge is 0.0108 e. The van der Waals surface area contributed by atoms with Gasteiger partial charge in [0.15, 0.2) is 0 Å². The lowest BCUT2D eigenvalue weighted by Crippen LogP contribution is -2.37. The van der Waals surface area contributed by atoms with Gasteiger partial charge in [0, 0.05) is 6.04 Å². The van der Waals surface area contributed by atoms with E-state index in [1.54, 1.807) is 0 Å². The number of benzene rings is 1. The van der Waals surface area contributed by atoms with Crippen molar-refractivity contribution < 1.29 is 0 Å². The molecule has 1 aliphatic rings. The van der Waals surface area contributed by atoms with E-state index in [0.717, 1.165) is 0 Å². The van der Waals surface area contributed by atoms with Crippen molar-refractivity contribution in [3.8, 4) is 0 Å². The van der Waals surface area contributed by atoms with E-state index < -0.39 is 0 Å². The second kappa shape index (κ2) is 3.15. The first-order chi connectivity index (χ1) is 6.16. The van der Waals surface area contributed by atoms with Crippen molar-refractivity contribution in [2.75, 3.05) is 0 Å². The minimum atomic E-state index is 0.404. The van der Waals surface area contributed by atoms with E-state index in [9.17, 15) is 0 Å². The fraction of sp³-hybridized carbons (Fsp3) is 0.500. The van der Waals surface area contributed by atoms with Gasteiger partial charge in [-0.15, -0.1) is 0 Å². The van der Waals surface area contributed by atoms with E-state index in [1.807, 2.05) is 0 Å². The molecule has 0 saturated heterocycles. The van der Waals surface area contributed by atoms with Crippen LogP contribution in [0.4, 0.5) is 0 Å². The highest BCUT2D eigenvalue weighted by atomic mass is 14.7. The largest absolute Gasteiger partial charge is 0.327 e. The molecular formula is C12H17N. The molecule has 1 aliphatic carbocycles. The summed E-state index contributed by atoms with van der Waals surface area (Å²) in [5.74, 6) is 0.624. The van der Waals surface area contributed by atoms with E-state index in [1.165, 1.54) is 29.5 Å². The van der Waals surface area contributed by atoms with Crippen molar-refractivity contribution in [3.05, 3.63) is 34.9 Å². The number of hydrogen-bond donors (Lipinski definition) is 1. The average molecular weight is 175 g/mol. The van der Waals surface area contributed by atoms with Crippen LogP contribution in [-0.4, -0.2) is 6.04 Å². The molecule has 0 amide bonds. The molecule has 2 atom stereocenters. The zero-order chi connectivity index (χ0) is 9.42. The Kier molecular flexibility index (Phi) is 2.12. The summed E-state index contributed by atoms with van der Waals surface area (Å²) >= 11 is 0. The minimum Gasteiger partial charge on any atom is -0.327 e. The van der Waals surface area contributed by atoms with E-state index in [0.29, 0.717) is 12.0 Å². The van der Waals surface area contributed by atoms with Crippen LogP contribution in [0.2, 0.25) is 0 Å². The van der Waals surface area contributed by atoms with Gasteiger partial charge in [0.25, 0.3) is 0 Å². The highest BCUT2D eigenvalue weighted by molar-refractivity contribution is 5.33. The van der Waals surface area contributed by atoms with Crippen molar-refractivity contribution in [2.24, 2.45) is 5.73 Å². The van der Waals surface area contributed by atoms with Crippen LogP contribution in [0.1, 0.15) is 35.4 Å². The monoisotopic (exact) mass is 175 g/mol. The third-order valence-electron chi connectivity index (χ3n) is 3.00. The quantitative estimate of drug-likeness (QED) is 0.697. The van der Waals surface area contributed by atoms with Crippen molar-refractivity contribution in [2.45, 2.75) is 38.6 Å². The normalized spacial score (nSPS) is 27.0. The number of rotatable bonds is 1. The molecule has 1 aromatic carbocycles. The van der Waals surface area contributed by atoms with Gasteiger partial charge in [0.05, 0.1) is 0 Å². The Labute approximate surface area is 80.0 Å². The zero-order valence-electron chi connectivity index (χ0n) is 8.38. The first-order valence-corrected chi connectivity index (χ1v) is 5.00. The Bertz CT molecular complexity index is 297. The molecule has 0 spiro atoms. The molecular weight excluding hydrogens is 158 g/mol. The van der Waals surface area contributed by atoms with Gasteiger partial charge in [0.1, 0.15) is 0 Å². The Balaban J connectivity index is 2.29. The Hall–Kier alpha value is -0.820. The maximum Gasteiger partial charge on any atom is 0.0108 e. The van der Waals surface area contributed by atoms with Gasteiger partial charge in [-0.3, -0.25) is 0 Å². The molecule has 0 heterocycles. The molecule has 1 heteroatoms. The standard InChI is InChI=1S/C12H17N/c1-8-5-9(2)7-10(6-8)11-3-4-12(11)13/h5-7,11-12H,3-4,13H2,1-2H3. The summed E-state index contributed by atoms with van der Waals surface area (Å²) in [7, 11) is 0. The van der Waals surface area contributed by atoms with Gasteiger partial charge in [0.2, 0.25) is 0 Å². The molecule has 1 aromatic rings. The lowest BCUT2D eigenvalue weighted by molar-refractivity contribution is 0.346. The van der Waals surface area contributed by atoms with Crippen molar-refractivity contribution in [1.29, 1.82) is 0 Å². The lowest BCUT2D eigenvalue weighted by atomic mass is 9.75. The average Bonchev–Trinajstić information content (AvgIpc) is 1.99. The fourth-order valence-corrected chi connectivity index (χ4v) is 2.16. The van der Waals surface area contributed by atoms with E-state index in [2.05, 4.69) is 32.0 Å². The third kappa shape index (κ3) is 1.61. The predicted octanol–water partition coefficient (Wildman–Crippen LogP) is 2.51. The van der Waals surface area contributed by atoms with Crippen LogP contribution in [0.15, 0.2) is 18.2 Å². The Morgan fingerprint density at radius 1 is 1.08 bits per heavy atom. The van der Waals surface area contributed by atoms with E-state index in [-0.39, 0.29) is 0 Å². The van der Waals surface area contributed by atoms with Crippen LogP contribution in [0.5, 0.6) is 0 Å². The van der Waals surface area contributed by atoms with Gasteiger partial charge in [-0.2, -0.15) is 0 Å². The highest BCUT2D eigenvalue weighted by Crippen LogP contribution is 2.36. The van der Waals surface area contributed by atoms with Crippen LogP contribution in [0, 0.1) is 13.8 Å². The molecule has 0 aliphatic heterocycles. The van der Waals surface area contributed by atoms with Crippen LogP contribution >= 0.6 is 0 Å². The van der Waals surface area contributed by atoms with E-state index >= 15 is 0 Å². The van der Waals surface area contributed by atoms with Crippen LogP contribution in [-0.2, 0) is 0 Å². The second-order valence-electron chi connectivity index (χ2n) is 4.27. The predicted molar refractivity (Wildman–Crippen MR) is 55.9 cm³/mol. The van der Waals surface area contributed by atoms with Crippen LogP contribution in [0.25, 0.3) is 0 Å². The fourth-order valence-electron chi connectivity index (χ4n) is 2.16. The Morgan fingerprint density at radius 2 is 1.69 bits per heavy atom. The molecule has 2 unspecified atom stereocenters. The lowest BCUT2D eigenvalue weighted by Gasteiger charge is -2.34. The van der Waals surface area contributed by atoms with Crippen molar-refractivity contribution in [3.63, 3.8) is 0 Å². The van der Waals surface area contributed by atoms with Gasteiger partial charge >= 0.3 is 0 Å². The summed E-state index contributed by atoms with van der Waals surface area (Å²) in [6.07, 6.45) is 2.46. The molecule has 1 nitrogen and oxygen atoms in total. The number of aryl methyl sites for hydroxylation is 2. The maximum absolute atomic E-state index is 5.95. The number of nitrogens with two attached hydrogens (primary N) is 1. The molecule has 1 fully saturated rings. The molecule has 0 bridgehead atoms. The molecule has 0 radical (unpaired) electrons. The topological polar surface area (TPSA) is 26.0 Å².